The number of aliphatic hydroxyl groups excluding tert-OH is 1. The van der Waals surface area contributed by atoms with Crippen LogP contribution in [-0.4, -0.2) is 35.8 Å². The Labute approximate surface area is 128 Å². The van der Waals surface area contributed by atoms with Gasteiger partial charge in [0.05, 0.1) is 6.10 Å². The van der Waals surface area contributed by atoms with Gasteiger partial charge in [-0.15, -0.1) is 0 Å². The van der Waals surface area contributed by atoms with Gasteiger partial charge in [-0.2, -0.15) is 0 Å². The van der Waals surface area contributed by atoms with E-state index in [4.69, 9.17) is 0 Å². The van der Waals surface area contributed by atoms with Crippen LogP contribution in [0.5, 0.6) is 0 Å². The van der Waals surface area contributed by atoms with Crippen molar-refractivity contribution in [3.05, 3.63) is 23.9 Å². The van der Waals surface area contributed by atoms with Crippen molar-refractivity contribution in [3.8, 4) is 0 Å². The lowest BCUT2D eigenvalue weighted by Gasteiger charge is -2.35. The molecule has 0 bridgehead atoms. The summed E-state index contributed by atoms with van der Waals surface area (Å²) >= 11 is 0. The fraction of sp³-hybridized carbons (Fsp3) is 0.706. The zero-order chi connectivity index (χ0) is 15.2. The molecule has 1 unspecified atom stereocenters. The number of hydrogen-bond donors (Lipinski definition) is 2. The molecule has 118 valence electrons. The van der Waals surface area contributed by atoms with Crippen LogP contribution in [0.1, 0.15) is 39.2 Å². The van der Waals surface area contributed by atoms with E-state index in [-0.39, 0.29) is 6.10 Å². The minimum absolute atomic E-state index is 0.192. The van der Waals surface area contributed by atoms with Gasteiger partial charge in [0.1, 0.15) is 5.82 Å². The van der Waals surface area contributed by atoms with Crippen molar-refractivity contribution in [1.82, 2.24) is 10.3 Å². The van der Waals surface area contributed by atoms with Crippen LogP contribution in [0.3, 0.4) is 0 Å². The first-order valence-electron chi connectivity index (χ1n) is 8.15. The maximum atomic E-state index is 9.71. The molecule has 0 saturated carbocycles. The Morgan fingerprint density at radius 3 is 2.67 bits per heavy atom. The predicted molar refractivity (Wildman–Crippen MR) is 87.4 cm³/mol. The lowest BCUT2D eigenvalue weighted by molar-refractivity contribution is 0.109. The van der Waals surface area contributed by atoms with E-state index in [9.17, 15) is 5.11 Å². The van der Waals surface area contributed by atoms with Crippen LogP contribution in [0, 0.1) is 11.8 Å². The molecule has 2 rings (SSSR count). The fourth-order valence-corrected chi connectivity index (χ4v) is 2.94. The molecule has 1 saturated heterocycles. The summed E-state index contributed by atoms with van der Waals surface area (Å²) in [6.45, 7) is 10.2. The predicted octanol–water partition coefficient (Wildman–Crippen LogP) is 2.42. The summed E-state index contributed by atoms with van der Waals surface area (Å²) in [5.74, 6) is 2.21. The number of anilines is 1. The lowest BCUT2D eigenvalue weighted by Crippen LogP contribution is -2.38. The third-order valence-corrected chi connectivity index (χ3v) is 4.26. The number of nitrogens with zero attached hydrogens (tertiary/aromatic N) is 2. The van der Waals surface area contributed by atoms with E-state index >= 15 is 0 Å². The average molecular weight is 291 g/mol. The number of aliphatic hydroxyl groups is 1. The highest BCUT2D eigenvalue weighted by Gasteiger charge is 2.24. The van der Waals surface area contributed by atoms with E-state index in [2.05, 4.69) is 35.1 Å². The molecule has 1 aromatic rings. The van der Waals surface area contributed by atoms with Gasteiger partial charge in [0.15, 0.2) is 0 Å². The minimum atomic E-state index is -0.192. The Hall–Kier alpha value is -1.13. The molecule has 4 heteroatoms. The van der Waals surface area contributed by atoms with Crippen LogP contribution in [-0.2, 0) is 6.54 Å². The van der Waals surface area contributed by atoms with Crippen molar-refractivity contribution >= 4 is 5.82 Å². The molecular formula is C17H29N3O. The number of nitrogens with one attached hydrogen (secondary N) is 1. The van der Waals surface area contributed by atoms with Crippen molar-refractivity contribution in [2.45, 2.75) is 46.3 Å². The molecule has 2 N–H and O–H groups in total. The molecule has 0 aromatic carbocycles. The van der Waals surface area contributed by atoms with E-state index < -0.39 is 0 Å². The Balaban J connectivity index is 1.97. The van der Waals surface area contributed by atoms with Gasteiger partial charge in [0.2, 0.25) is 0 Å². The smallest absolute Gasteiger partial charge is 0.133 e. The molecule has 0 spiro atoms. The van der Waals surface area contributed by atoms with Crippen molar-refractivity contribution in [2.24, 2.45) is 11.8 Å². The first kappa shape index (κ1) is 16.2. The summed E-state index contributed by atoms with van der Waals surface area (Å²) in [6, 6.07) is 4.18. The summed E-state index contributed by atoms with van der Waals surface area (Å²) in [7, 11) is 0. The highest BCUT2D eigenvalue weighted by molar-refractivity contribution is 5.47. The number of hydrogen-bond acceptors (Lipinski definition) is 4. The number of piperidine rings is 1. The van der Waals surface area contributed by atoms with Crippen molar-refractivity contribution in [2.75, 3.05) is 24.5 Å². The van der Waals surface area contributed by atoms with Crippen LogP contribution >= 0.6 is 0 Å². The van der Waals surface area contributed by atoms with Gasteiger partial charge < -0.3 is 15.3 Å². The third-order valence-electron chi connectivity index (χ3n) is 4.26. The second-order valence-electron chi connectivity index (χ2n) is 6.58. The minimum Gasteiger partial charge on any atom is -0.393 e. The molecule has 4 nitrogen and oxygen atoms in total. The number of pyridine rings is 1. The first-order valence-corrected chi connectivity index (χ1v) is 8.15. The number of aromatic nitrogens is 1. The first-order chi connectivity index (χ1) is 10.1. The van der Waals surface area contributed by atoms with Crippen LogP contribution in [0.25, 0.3) is 0 Å². The molecule has 1 aliphatic heterocycles. The fourth-order valence-electron chi connectivity index (χ4n) is 2.94. The van der Waals surface area contributed by atoms with Crippen LogP contribution in [0.15, 0.2) is 18.3 Å². The van der Waals surface area contributed by atoms with Crippen LogP contribution in [0.4, 0.5) is 5.82 Å². The average Bonchev–Trinajstić information content (AvgIpc) is 2.47. The topological polar surface area (TPSA) is 48.4 Å². The van der Waals surface area contributed by atoms with Crippen molar-refractivity contribution in [1.29, 1.82) is 0 Å². The van der Waals surface area contributed by atoms with E-state index in [1.165, 1.54) is 5.56 Å². The summed E-state index contributed by atoms with van der Waals surface area (Å²) in [5, 5.41) is 13.2. The van der Waals surface area contributed by atoms with Gasteiger partial charge in [0.25, 0.3) is 0 Å². The van der Waals surface area contributed by atoms with Gasteiger partial charge in [-0.05, 0) is 44.2 Å². The maximum Gasteiger partial charge on any atom is 0.133 e. The summed E-state index contributed by atoms with van der Waals surface area (Å²) in [4.78, 5) is 6.96. The maximum absolute atomic E-state index is 9.71. The molecule has 1 aliphatic rings. The monoisotopic (exact) mass is 291 g/mol. The van der Waals surface area contributed by atoms with Crippen molar-refractivity contribution in [3.63, 3.8) is 0 Å². The van der Waals surface area contributed by atoms with E-state index in [1.54, 1.807) is 0 Å². The van der Waals surface area contributed by atoms with Gasteiger partial charge in [-0.25, -0.2) is 4.98 Å². The van der Waals surface area contributed by atoms with Gasteiger partial charge in [-0.3, -0.25) is 0 Å². The molecule has 0 amide bonds. The number of rotatable bonds is 6. The van der Waals surface area contributed by atoms with Crippen molar-refractivity contribution < 1.29 is 5.11 Å². The molecule has 1 aromatic heterocycles. The highest BCUT2D eigenvalue weighted by Crippen LogP contribution is 2.26. The summed E-state index contributed by atoms with van der Waals surface area (Å²) < 4.78 is 0. The molecule has 21 heavy (non-hydrogen) atoms. The summed E-state index contributed by atoms with van der Waals surface area (Å²) in [5.41, 5.74) is 1.27. The molecule has 2 heterocycles. The molecular weight excluding hydrogens is 262 g/mol. The molecule has 0 radical (unpaired) electrons. The molecule has 1 atom stereocenters. The van der Waals surface area contributed by atoms with Crippen LogP contribution < -0.4 is 10.2 Å². The van der Waals surface area contributed by atoms with Gasteiger partial charge >= 0.3 is 0 Å². The quantitative estimate of drug-likeness (QED) is 0.845. The lowest BCUT2D eigenvalue weighted by atomic mass is 9.92. The highest BCUT2D eigenvalue weighted by atomic mass is 16.3. The van der Waals surface area contributed by atoms with Gasteiger partial charge in [0, 0.05) is 31.4 Å². The SMILES string of the molecule is CC(C)CNCc1cccnc1N1CCC(C(C)O)CC1. The Kier molecular flexibility index (Phi) is 6.00. The standard InChI is InChI=1S/C17H29N3O/c1-13(2)11-18-12-16-5-4-8-19-17(16)20-9-6-15(7-10-20)14(3)21/h4-5,8,13-15,18,21H,6-7,9-12H2,1-3H3. The van der Waals surface area contributed by atoms with Gasteiger partial charge in [-0.1, -0.05) is 19.9 Å². The second kappa shape index (κ2) is 7.76. The zero-order valence-corrected chi connectivity index (χ0v) is 13.5. The Bertz CT molecular complexity index is 426. The summed E-state index contributed by atoms with van der Waals surface area (Å²) in [6.07, 6.45) is 3.78. The normalized spacial score (nSPS) is 18.2. The zero-order valence-electron chi connectivity index (χ0n) is 13.5. The molecule has 0 aliphatic carbocycles. The largest absolute Gasteiger partial charge is 0.393 e. The van der Waals surface area contributed by atoms with E-state index in [0.29, 0.717) is 11.8 Å². The Morgan fingerprint density at radius 1 is 1.33 bits per heavy atom. The Morgan fingerprint density at radius 2 is 2.05 bits per heavy atom. The molecule has 1 fully saturated rings. The van der Waals surface area contributed by atoms with E-state index in [0.717, 1.165) is 44.8 Å². The second-order valence-corrected chi connectivity index (χ2v) is 6.58. The van der Waals surface area contributed by atoms with Crippen LogP contribution in [0.2, 0.25) is 0 Å². The van der Waals surface area contributed by atoms with E-state index in [1.807, 2.05) is 19.2 Å². The third kappa shape index (κ3) is 4.68.